The molecule has 1 saturated heterocycles. The number of nitrogens with zero attached hydrogens (tertiary/aromatic N) is 1. The van der Waals surface area contributed by atoms with Gasteiger partial charge in [0.05, 0.1) is 23.2 Å². The van der Waals surface area contributed by atoms with Crippen LogP contribution in [0.2, 0.25) is 5.02 Å². The van der Waals surface area contributed by atoms with Gasteiger partial charge in [-0.1, -0.05) is 17.7 Å². The molecule has 3 N–H and O–H groups in total. The molecule has 1 aliphatic heterocycles. The molecule has 0 amide bonds. The highest BCUT2D eigenvalue weighted by Crippen LogP contribution is 2.19. The van der Waals surface area contributed by atoms with Crippen LogP contribution in [0.5, 0.6) is 0 Å². The van der Waals surface area contributed by atoms with Gasteiger partial charge < -0.3 is 20.4 Å². The van der Waals surface area contributed by atoms with Crippen LogP contribution < -0.4 is 10.9 Å². The summed E-state index contributed by atoms with van der Waals surface area (Å²) < 4.78 is 18.7. The molecule has 8 heteroatoms. The van der Waals surface area contributed by atoms with E-state index in [1.54, 1.807) is 6.07 Å². The van der Waals surface area contributed by atoms with E-state index in [0.717, 1.165) is 31.2 Å². The van der Waals surface area contributed by atoms with Crippen LogP contribution in [-0.4, -0.2) is 35.4 Å². The number of nitrogens with one attached hydrogen (secondary N) is 3. The first-order valence-corrected chi connectivity index (χ1v) is 8.36. The number of aromatic amines is 1. The number of H-pyrrole nitrogens is 1. The SMILES string of the molecule is N=Cc1c(NC2CCCOC2)nc(Cc2ccc(F)c(Cl)c2)[nH]c1=O. The monoisotopic (exact) mass is 364 g/mol. The van der Waals surface area contributed by atoms with E-state index in [2.05, 4.69) is 15.3 Å². The van der Waals surface area contributed by atoms with E-state index in [1.165, 1.54) is 12.1 Å². The highest BCUT2D eigenvalue weighted by Gasteiger charge is 2.18. The molecule has 1 aromatic heterocycles. The smallest absolute Gasteiger partial charge is 0.261 e. The Morgan fingerprint density at radius 2 is 2.36 bits per heavy atom. The summed E-state index contributed by atoms with van der Waals surface area (Å²) in [6.45, 7) is 1.27. The van der Waals surface area contributed by atoms with Crippen molar-refractivity contribution in [2.24, 2.45) is 0 Å². The Kier molecular flexibility index (Phi) is 5.45. The molecule has 2 aromatic rings. The van der Waals surface area contributed by atoms with Crippen LogP contribution in [0.1, 0.15) is 29.8 Å². The molecule has 0 aliphatic carbocycles. The molecule has 0 radical (unpaired) electrons. The van der Waals surface area contributed by atoms with Gasteiger partial charge in [-0.15, -0.1) is 0 Å². The number of halogens is 2. The van der Waals surface area contributed by atoms with Gasteiger partial charge in [-0.25, -0.2) is 9.37 Å². The number of hydrogen-bond donors (Lipinski definition) is 3. The Morgan fingerprint density at radius 3 is 3.04 bits per heavy atom. The van der Waals surface area contributed by atoms with Crippen molar-refractivity contribution in [2.45, 2.75) is 25.3 Å². The van der Waals surface area contributed by atoms with Crippen molar-refractivity contribution in [1.29, 1.82) is 5.41 Å². The maximum absolute atomic E-state index is 13.3. The Labute approximate surface area is 148 Å². The van der Waals surface area contributed by atoms with E-state index in [0.29, 0.717) is 24.7 Å². The average molecular weight is 365 g/mol. The van der Waals surface area contributed by atoms with Crippen LogP contribution in [0.15, 0.2) is 23.0 Å². The summed E-state index contributed by atoms with van der Waals surface area (Å²) in [6, 6.07) is 4.42. The van der Waals surface area contributed by atoms with Crippen LogP contribution >= 0.6 is 11.6 Å². The van der Waals surface area contributed by atoms with E-state index in [9.17, 15) is 9.18 Å². The quantitative estimate of drug-likeness (QED) is 0.711. The summed E-state index contributed by atoms with van der Waals surface area (Å²) in [4.78, 5) is 19.3. The van der Waals surface area contributed by atoms with Crippen molar-refractivity contribution in [2.75, 3.05) is 18.5 Å². The second-order valence-corrected chi connectivity index (χ2v) is 6.31. The second kappa shape index (κ2) is 7.76. The zero-order chi connectivity index (χ0) is 17.8. The molecule has 1 unspecified atom stereocenters. The zero-order valence-electron chi connectivity index (χ0n) is 13.4. The van der Waals surface area contributed by atoms with Gasteiger partial charge in [-0.2, -0.15) is 0 Å². The molecule has 2 heterocycles. The van der Waals surface area contributed by atoms with Gasteiger partial charge in [0.25, 0.3) is 5.56 Å². The number of benzene rings is 1. The third kappa shape index (κ3) is 4.24. The van der Waals surface area contributed by atoms with E-state index >= 15 is 0 Å². The third-order valence-corrected chi connectivity index (χ3v) is 4.30. The standard InChI is InChI=1S/C17H18ClFN4O2/c18-13-6-10(3-4-14(13)19)7-15-22-16(12(8-20)17(24)23-15)21-11-2-1-5-25-9-11/h3-4,6,8,11,20H,1-2,5,7,9H2,(H2,21,22,23,24). The molecule has 1 aliphatic rings. The summed E-state index contributed by atoms with van der Waals surface area (Å²) in [6.07, 6.45) is 3.12. The number of rotatable bonds is 5. The van der Waals surface area contributed by atoms with Crippen molar-refractivity contribution >= 4 is 23.6 Å². The van der Waals surface area contributed by atoms with Crippen molar-refractivity contribution in [3.8, 4) is 0 Å². The van der Waals surface area contributed by atoms with Gasteiger partial charge in [-0.05, 0) is 30.5 Å². The van der Waals surface area contributed by atoms with Gasteiger partial charge >= 0.3 is 0 Å². The summed E-state index contributed by atoms with van der Waals surface area (Å²) in [5.74, 6) is 0.278. The number of anilines is 1. The molecule has 1 fully saturated rings. The van der Waals surface area contributed by atoms with Gasteiger partial charge in [0.1, 0.15) is 17.5 Å². The Morgan fingerprint density at radius 1 is 1.52 bits per heavy atom. The van der Waals surface area contributed by atoms with Gasteiger partial charge in [0.15, 0.2) is 0 Å². The molecular weight excluding hydrogens is 347 g/mol. The van der Waals surface area contributed by atoms with Gasteiger partial charge in [0.2, 0.25) is 0 Å². The van der Waals surface area contributed by atoms with Crippen molar-refractivity contribution in [3.05, 3.63) is 56.3 Å². The predicted octanol–water partition coefficient (Wildman–Crippen LogP) is 2.74. The Bertz CT molecular complexity index is 834. The largest absolute Gasteiger partial charge is 0.379 e. The lowest BCUT2D eigenvalue weighted by Crippen LogP contribution is -2.32. The zero-order valence-corrected chi connectivity index (χ0v) is 14.2. The Balaban J connectivity index is 1.87. The number of aromatic nitrogens is 2. The van der Waals surface area contributed by atoms with Crippen molar-refractivity contribution in [3.63, 3.8) is 0 Å². The minimum Gasteiger partial charge on any atom is -0.379 e. The topological polar surface area (TPSA) is 90.9 Å². The van der Waals surface area contributed by atoms with E-state index in [4.69, 9.17) is 21.7 Å². The fourth-order valence-electron chi connectivity index (χ4n) is 2.75. The molecule has 1 aromatic carbocycles. The van der Waals surface area contributed by atoms with Gasteiger partial charge in [0, 0.05) is 19.2 Å². The normalized spacial score (nSPS) is 17.3. The van der Waals surface area contributed by atoms with E-state index < -0.39 is 11.4 Å². The molecule has 3 rings (SSSR count). The minimum absolute atomic E-state index is 0.0219. The maximum atomic E-state index is 13.3. The molecule has 1 atom stereocenters. The minimum atomic E-state index is -0.495. The fraction of sp³-hybridized carbons (Fsp3) is 0.353. The van der Waals surface area contributed by atoms with E-state index in [-0.39, 0.29) is 16.6 Å². The lowest BCUT2D eigenvalue weighted by Gasteiger charge is -2.24. The summed E-state index contributed by atoms with van der Waals surface area (Å²) in [5.41, 5.74) is 0.503. The van der Waals surface area contributed by atoms with Crippen molar-refractivity contribution in [1.82, 2.24) is 9.97 Å². The lowest BCUT2D eigenvalue weighted by molar-refractivity contribution is 0.0875. The Hall–Kier alpha value is -2.25. The average Bonchev–Trinajstić information content (AvgIpc) is 2.59. The molecule has 25 heavy (non-hydrogen) atoms. The number of hydrogen-bond acceptors (Lipinski definition) is 5. The fourth-order valence-corrected chi connectivity index (χ4v) is 2.95. The first kappa shape index (κ1) is 17.6. The summed E-state index contributed by atoms with van der Waals surface area (Å²) >= 11 is 5.80. The maximum Gasteiger partial charge on any atom is 0.261 e. The molecule has 0 saturated carbocycles. The van der Waals surface area contributed by atoms with Crippen LogP contribution in [-0.2, 0) is 11.2 Å². The first-order chi connectivity index (χ1) is 12.1. The van der Waals surface area contributed by atoms with Crippen LogP contribution in [0.4, 0.5) is 10.2 Å². The number of ether oxygens (including phenoxy) is 1. The first-order valence-electron chi connectivity index (χ1n) is 7.98. The third-order valence-electron chi connectivity index (χ3n) is 4.01. The lowest BCUT2D eigenvalue weighted by atomic mass is 10.1. The second-order valence-electron chi connectivity index (χ2n) is 5.90. The van der Waals surface area contributed by atoms with E-state index in [1.807, 2.05) is 0 Å². The van der Waals surface area contributed by atoms with Crippen LogP contribution in [0.25, 0.3) is 0 Å². The van der Waals surface area contributed by atoms with Crippen molar-refractivity contribution < 1.29 is 9.13 Å². The van der Waals surface area contributed by atoms with Crippen LogP contribution in [0, 0.1) is 11.2 Å². The highest BCUT2D eigenvalue weighted by molar-refractivity contribution is 6.30. The summed E-state index contributed by atoms with van der Waals surface area (Å²) in [7, 11) is 0. The van der Waals surface area contributed by atoms with Gasteiger partial charge in [-0.3, -0.25) is 4.79 Å². The summed E-state index contributed by atoms with van der Waals surface area (Å²) in [5, 5.41) is 10.7. The molecule has 0 spiro atoms. The molecular formula is C17H18ClFN4O2. The highest BCUT2D eigenvalue weighted by atomic mass is 35.5. The molecule has 132 valence electrons. The molecule has 0 bridgehead atoms. The van der Waals surface area contributed by atoms with Crippen LogP contribution in [0.3, 0.4) is 0 Å². The molecule has 6 nitrogen and oxygen atoms in total. The predicted molar refractivity (Wildman–Crippen MR) is 94.4 cm³/mol.